The first kappa shape index (κ1) is 15.5. The predicted molar refractivity (Wildman–Crippen MR) is 77.4 cm³/mol. The topological polar surface area (TPSA) is 55.6 Å². The number of hydrogen-bond acceptors (Lipinski definition) is 3. The average Bonchev–Trinajstić information content (AvgIpc) is 2.38. The molecule has 1 rings (SSSR count). The molecule has 0 unspecified atom stereocenters. The lowest BCUT2D eigenvalue weighted by molar-refractivity contribution is 0.0740. The van der Waals surface area contributed by atoms with Crippen LogP contribution >= 0.6 is 0 Å². The molecule has 2 N–H and O–H groups in total. The Bertz CT molecular complexity index is 413. The maximum atomic E-state index is 12.3. The Hall–Kier alpha value is -1.55. The van der Waals surface area contributed by atoms with E-state index in [1.54, 1.807) is 24.1 Å². The fourth-order valence-corrected chi connectivity index (χ4v) is 1.86. The van der Waals surface area contributed by atoms with Crippen LogP contribution < -0.4 is 10.5 Å². The summed E-state index contributed by atoms with van der Waals surface area (Å²) in [5.74, 6) is 0.786. The van der Waals surface area contributed by atoms with Gasteiger partial charge < -0.3 is 15.4 Å². The lowest BCUT2D eigenvalue weighted by atomic mass is 9.93. The first-order valence-electron chi connectivity index (χ1n) is 6.58. The van der Waals surface area contributed by atoms with Crippen molar-refractivity contribution >= 4 is 5.91 Å². The third kappa shape index (κ3) is 4.56. The minimum atomic E-state index is -0.0737. The quantitative estimate of drug-likeness (QED) is 0.856. The van der Waals surface area contributed by atoms with Gasteiger partial charge in [-0.05, 0) is 43.1 Å². The summed E-state index contributed by atoms with van der Waals surface area (Å²) in [7, 11) is 1.80. The number of hydrogen-bond donors (Lipinski definition) is 1. The van der Waals surface area contributed by atoms with Gasteiger partial charge in [-0.15, -0.1) is 0 Å². The molecule has 0 aliphatic heterocycles. The van der Waals surface area contributed by atoms with Crippen molar-refractivity contribution in [2.24, 2.45) is 11.1 Å². The molecule has 0 atom stereocenters. The molecule has 1 aromatic carbocycles. The Balaban J connectivity index is 2.71. The molecule has 0 aliphatic carbocycles. The van der Waals surface area contributed by atoms with Crippen LogP contribution in [-0.2, 0) is 0 Å². The van der Waals surface area contributed by atoms with E-state index in [-0.39, 0.29) is 11.3 Å². The van der Waals surface area contributed by atoms with Gasteiger partial charge in [-0.25, -0.2) is 0 Å². The molecule has 0 saturated heterocycles. The van der Waals surface area contributed by atoms with E-state index >= 15 is 0 Å². The van der Waals surface area contributed by atoms with Crippen molar-refractivity contribution in [3.63, 3.8) is 0 Å². The summed E-state index contributed by atoms with van der Waals surface area (Å²) in [5.41, 5.74) is 6.28. The monoisotopic (exact) mass is 264 g/mol. The minimum absolute atomic E-state index is 0.00423. The Morgan fingerprint density at radius 2 is 1.89 bits per heavy atom. The Morgan fingerprint density at radius 3 is 2.37 bits per heavy atom. The van der Waals surface area contributed by atoms with Crippen molar-refractivity contribution in [2.45, 2.75) is 20.8 Å². The van der Waals surface area contributed by atoms with Gasteiger partial charge in [0, 0.05) is 19.2 Å². The molecular formula is C15H24N2O2. The summed E-state index contributed by atoms with van der Waals surface area (Å²) < 4.78 is 5.36. The van der Waals surface area contributed by atoms with Gasteiger partial charge in [0.05, 0.1) is 6.61 Å². The number of carbonyl (C=O) groups excluding carboxylic acids is 1. The number of carbonyl (C=O) groups is 1. The van der Waals surface area contributed by atoms with Crippen LogP contribution in [0.25, 0.3) is 0 Å². The number of benzene rings is 1. The number of ether oxygens (including phenoxy) is 1. The fourth-order valence-electron chi connectivity index (χ4n) is 1.86. The van der Waals surface area contributed by atoms with Crippen LogP contribution in [0.1, 0.15) is 31.1 Å². The highest BCUT2D eigenvalue weighted by atomic mass is 16.5. The SMILES string of the molecule is CCOc1ccc(C(=O)N(C)CC(C)(C)CN)cc1. The van der Waals surface area contributed by atoms with Crippen LogP contribution in [0.15, 0.2) is 24.3 Å². The zero-order chi connectivity index (χ0) is 14.5. The Labute approximate surface area is 115 Å². The number of rotatable bonds is 6. The molecule has 0 aliphatic rings. The van der Waals surface area contributed by atoms with Gasteiger partial charge in [0.2, 0.25) is 0 Å². The van der Waals surface area contributed by atoms with Crippen LogP contribution in [-0.4, -0.2) is 37.6 Å². The summed E-state index contributed by atoms with van der Waals surface area (Å²) >= 11 is 0. The highest BCUT2D eigenvalue weighted by molar-refractivity contribution is 5.94. The van der Waals surface area contributed by atoms with E-state index in [1.807, 2.05) is 19.1 Å². The van der Waals surface area contributed by atoms with Crippen LogP contribution in [0.2, 0.25) is 0 Å². The van der Waals surface area contributed by atoms with Crippen molar-refractivity contribution in [1.82, 2.24) is 4.90 Å². The van der Waals surface area contributed by atoms with Crippen LogP contribution in [0.4, 0.5) is 0 Å². The van der Waals surface area contributed by atoms with Gasteiger partial charge in [0.1, 0.15) is 5.75 Å². The van der Waals surface area contributed by atoms with Crippen LogP contribution in [0, 0.1) is 5.41 Å². The lowest BCUT2D eigenvalue weighted by Crippen LogP contribution is -2.39. The van der Waals surface area contributed by atoms with E-state index in [0.29, 0.717) is 25.3 Å². The number of nitrogens with zero attached hydrogens (tertiary/aromatic N) is 1. The number of nitrogens with two attached hydrogens (primary N) is 1. The van der Waals surface area contributed by atoms with E-state index in [0.717, 1.165) is 5.75 Å². The van der Waals surface area contributed by atoms with Crippen molar-refractivity contribution < 1.29 is 9.53 Å². The molecule has 0 spiro atoms. The fraction of sp³-hybridized carbons (Fsp3) is 0.533. The van der Waals surface area contributed by atoms with Gasteiger partial charge in [-0.3, -0.25) is 4.79 Å². The molecule has 106 valence electrons. The average molecular weight is 264 g/mol. The third-order valence-electron chi connectivity index (χ3n) is 2.98. The van der Waals surface area contributed by atoms with Crippen molar-refractivity contribution in [3.8, 4) is 5.75 Å². The smallest absolute Gasteiger partial charge is 0.253 e. The molecule has 4 nitrogen and oxygen atoms in total. The summed E-state index contributed by atoms with van der Waals surface area (Å²) in [5, 5.41) is 0. The minimum Gasteiger partial charge on any atom is -0.494 e. The van der Waals surface area contributed by atoms with Crippen LogP contribution in [0.5, 0.6) is 5.75 Å². The molecule has 19 heavy (non-hydrogen) atoms. The molecule has 0 heterocycles. The van der Waals surface area contributed by atoms with E-state index < -0.39 is 0 Å². The van der Waals surface area contributed by atoms with Gasteiger partial charge in [0.15, 0.2) is 0 Å². The first-order valence-corrected chi connectivity index (χ1v) is 6.58. The van der Waals surface area contributed by atoms with E-state index in [4.69, 9.17) is 10.5 Å². The maximum Gasteiger partial charge on any atom is 0.253 e. The second-order valence-electron chi connectivity index (χ2n) is 5.49. The maximum absolute atomic E-state index is 12.3. The summed E-state index contributed by atoms with van der Waals surface area (Å²) in [4.78, 5) is 14.0. The summed E-state index contributed by atoms with van der Waals surface area (Å²) in [6, 6.07) is 7.22. The molecule has 0 aromatic heterocycles. The zero-order valence-corrected chi connectivity index (χ0v) is 12.3. The number of amides is 1. The molecule has 0 saturated carbocycles. The second-order valence-corrected chi connectivity index (χ2v) is 5.49. The zero-order valence-electron chi connectivity index (χ0n) is 12.3. The van der Waals surface area contributed by atoms with Crippen molar-refractivity contribution in [1.29, 1.82) is 0 Å². The summed E-state index contributed by atoms with van der Waals surface area (Å²) in [6.45, 7) is 7.84. The Morgan fingerprint density at radius 1 is 1.32 bits per heavy atom. The van der Waals surface area contributed by atoms with Crippen molar-refractivity contribution in [3.05, 3.63) is 29.8 Å². The second kappa shape index (κ2) is 6.57. The van der Waals surface area contributed by atoms with Gasteiger partial charge in [-0.1, -0.05) is 13.8 Å². The van der Waals surface area contributed by atoms with Gasteiger partial charge in [0.25, 0.3) is 5.91 Å². The predicted octanol–water partition coefficient (Wildman–Crippen LogP) is 2.14. The van der Waals surface area contributed by atoms with E-state index in [1.165, 1.54) is 0 Å². The van der Waals surface area contributed by atoms with E-state index in [9.17, 15) is 4.79 Å². The molecule has 0 bridgehead atoms. The standard InChI is InChI=1S/C15H24N2O2/c1-5-19-13-8-6-12(7-9-13)14(18)17(4)11-15(2,3)10-16/h6-9H,5,10-11,16H2,1-4H3. The molecule has 1 amide bonds. The molecular weight excluding hydrogens is 240 g/mol. The van der Waals surface area contributed by atoms with Crippen molar-refractivity contribution in [2.75, 3.05) is 26.7 Å². The highest BCUT2D eigenvalue weighted by Gasteiger charge is 2.21. The largest absolute Gasteiger partial charge is 0.494 e. The summed E-state index contributed by atoms with van der Waals surface area (Å²) in [6.07, 6.45) is 0. The third-order valence-corrected chi connectivity index (χ3v) is 2.98. The highest BCUT2D eigenvalue weighted by Crippen LogP contribution is 2.17. The molecule has 1 aromatic rings. The van der Waals surface area contributed by atoms with E-state index in [2.05, 4.69) is 13.8 Å². The lowest BCUT2D eigenvalue weighted by Gasteiger charge is -2.29. The van der Waals surface area contributed by atoms with Crippen LogP contribution in [0.3, 0.4) is 0 Å². The Kier molecular flexibility index (Phi) is 5.36. The van der Waals surface area contributed by atoms with Gasteiger partial charge >= 0.3 is 0 Å². The molecule has 0 fully saturated rings. The first-order chi connectivity index (χ1) is 8.89. The molecule has 4 heteroatoms. The normalized spacial score (nSPS) is 11.2. The van der Waals surface area contributed by atoms with Gasteiger partial charge in [-0.2, -0.15) is 0 Å². The molecule has 0 radical (unpaired) electrons.